The third-order valence-corrected chi connectivity index (χ3v) is 3.99. The van der Waals surface area contributed by atoms with Gasteiger partial charge in [-0.15, -0.1) is 0 Å². The first kappa shape index (κ1) is 11.8. The summed E-state index contributed by atoms with van der Waals surface area (Å²) < 4.78 is 4.73. The number of ether oxygens (including phenoxy) is 1. The van der Waals surface area contributed by atoms with Gasteiger partial charge in [-0.3, -0.25) is 14.6 Å². The number of carbonyl (C=O) groups excluding carboxylic acids is 2. The number of nitrogens with zero attached hydrogens (tertiary/aromatic N) is 1. The van der Waals surface area contributed by atoms with Gasteiger partial charge in [0.25, 0.3) is 0 Å². The number of aromatic nitrogens is 1. The topological polar surface area (TPSA) is 56.3 Å². The van der Waals surface area contributed by atoms with E-state index >= 15 is 0 Å². The molecule has 1 saturated heterocycles. The minimum atomic E-state index is -0.555. The van der Waals surface area contributed by atoms with Gasteiger partial charge in [0.2, 0.25) is 0 Å². The van der Waals surface area contributed by atoms with Crippen LogP contribution in [0.1, 0.15) is 26.3 Å². The van der Waals surface area contributed by atoms with Gasteiger partial charge < -0.3 is 4.74 Å². The molecule has 1 aromatic heterocycles. The number of hydrogen-bond donors (Lipinski definition) is 0. The minimum Gasteiger partial charge on any atom is -0.393 e. The summed E-state index contributed by atoms with van der Waals surface area (Å²) in [6, 6.07) is 3.70. The summed E-state index contributed by atoms with van der Waals surface area (Å²) in [5.74, 6) is -1.64. The van der Waals surface area contributed by atoms with Crippen molar-refractivity contribution < 1.29 is 14.3 Å². The molecule has 0 saturated carbocycles. The number of esters is 2. The molecule has 0 radical (unpaired) electrons. The molecule has 1 aromatic rings. The molecule has 1 aliphatic heterocycles. The van der Waals surface area contributed by atoms with Crippen molar-refractivity contribution in [3.05, 3.63) is 30.1 Å². The Morgan fingerprint density at radius 3 is 2.29 bits per heavy atom. The first-order valence-corrected chi connectivity index (χ1v) is 5.64. The van der Waals surface area contributed by atoms with Gasteiger partial charge in [-0.1, -0.05) is 26.8 Å². The number of cyclic esters (lactones) is 2. The molecule has 0 spiro atoms. The quantitative estimate of drug-likeness (QED) is 0.547. The second kappa shape index (κ2) is 3.95. The Balaban J connectivity index is 2.52. The zero-order valence-corrected chi connectivity index (χ0v) is 10.1. The van der Waals surface area contributed by atoms with E-state index in [4.69, 9.17) is 4.74 Å². The van der Waals surface area contributed by atoms with Crippen LogP contribution in [0.15, 0.2) is 24.5 Å². The van der Waals surface area contributed by atoms with Crippen molar-refractivity contribution in [2.24, 2.45) is 11.8 Å². The smallest absolute Gasteiger partial charge is 0.317 e. The average molecular weight is 233 g/mol. The van der Waals surface area contributed by atoms with Gasteiger partial charge in [0.05, 0.1) is 11.8 Å². The SMILES string of the molecule is CC1C(=O)OC(=O)C(C)C1(C)c1cccnc1. The third kappa shape index (κ3) is 1.64. The molecule has 2 atom stereocenters. The van der Waals surface area contributed by atoms with E-state index in [0.29, 0.717) is 0 Å². The first-order valence-electron chi connectivity index (χ1n) is 5.64. The maximum absolute atomic E-state index is 11.7. The molecule has 0 bridgehead atoms. The molecule has 17 heavy (non-hydrogen) atoms. The predicted molar refractivity (Wildman–Crippen MR) is 61.0 cm³/mol. The van der Waals surface area contributed by atoms with E-state index < -0.39 is 17.4 Å². The summed E-state index contributed by atoms with van der Waals surface area (Å²) in [5, 5.41) is 0. The van der Waals surface area contributed by atoms with Gasteiger partial charge in [0.15, 0.2) is 0 Å². The zero-order valence-electron chi connectivity index (χ0n) is 10.1. The summed E-state index contributed by atoms with van der Waals surface area (Å²) >= 11 is 0. The van der Waals surface area contributed by atoms with E-state index in [1.807, 2.05) is 19.1 Å². The van der Waals surface area contributed by atoms with Crippen LogP contribution in [-0.2, 0) is 19.7 Å². The fraction of sp³-hybridized carbons (Fsp3) is 0.462. The Morgan fingerprint density at radius 2 is 1.82 bits per heavy atom. The van der Waals surface area contributed by atoms with Crippen LogP contribution in [0.25, 0.3) is 0 Å². The summed E-state index contributed by atoms with van der Waals surface area (Å²) in [4.78, 5) is 27.4. The van der Waals surface area contributed by atoms with Crippen molar-refractivity contribution >= 4 is 11.9 Å². The monoisotopic (exact) mass is 233 g/mol. The number of hydrogen-bond acceptors (Lipinski definition) is 4. The highest BCUT2D eigenvalue weighted by Crippen LogP contribution is 2.43. The zero-order chi connectivity index (χ0) is 12.6. The van der Waals surface area contributed by atoms with Crippen LogP contribution < -0.4 is 0 Å². The van der Waals surface area contributed by atoms with Gasteiger partial charge in [0.1, 0.15) is 0 Å². The largest absolute Gasteiger partial charge is 0.393 e. The highest BCUT2D eigenvalue weighted by Gasteiger charge is 2.51. The van der Waals surface area contributed by atoms with E-state index in [2.05, 4.69) is 4.98 Å². The predicted octanol–water partition coefficient (Wildman–Crippen LogP) is 1.69. The van der Waals surface area contributed by atoms with E-state index in [1.54, 1.807) is 26.2 Å². The fourth-order valence-electron chi connectivity index (χ4n) is 2.32. The molecule has 0 aliphatic carbocycles. The molecule has 2 rings (SSSR count). The van der Waals surface area contributed by atoms with Crippen LogP contribution in [0, 0.1) is 11.8 Å². The molecule has 1 fully saturated rings. The average Bonchev–Trinajstić information content (AvgIpc) is 2.35. The minimum absolute atomic E-state index is 0.362. The van der Waals surface area contributed by atoms with Crippen LogP contribution in [0.3, 0.4) is 0 Å². The Hall–Kier alpha value is -1.71. The molecular weight excluding hydrogens is 218 g/mol. The molecule has 4 heteroatoms. The maximum atomic E-state index is 11.7. The fourth-order valence-corrected chi connectivity index (χ4v) is 2.32. The van der Waals surface area contributed by atoms with E-state index in [1.165, 1.54) is 0 Å². The molecule has 2 heterocycles. The van der Waals surface area contributed by atoms with Crippen molar-refractivity contribution in [1.82, 2.24) is 4.98 Å². The van der Waals surface area contributed by atoms with Crippen LogP contribution in [0.2, 0.25) is 0 Å². The summed E-state index contributed by atoms with van der Waals surface area (Å²) in [6.45, 7) is 5.49. The second-order valence-electron chi connectivity index (χ2n) is 4.71. The summed E-state index contributed by atoms with van der Waals surface area (Å²) in [5.41, 5.74) is 0.339. The highest BCUT2D eigenvalue weighted by atomic mass is 16.6. The van der Waals surface area contributed by atoms with Crippen molar-refractivity contribution in [2.45, 2.75) is 26.2 Å². The Bertz CT molecular complexity index is 435. The molecule has 4 nitrogen and oxygen atoms in total. The first-order chi connectivity index (χ1) is 7.98. The van der Waals surface area contributed by atoms with Crippen molar-refractivity contribution in [3.63, 3.8) is 0 Å². The lowest BCUT2D eigenvalue weighted by atomic mass is 9.64. The van der Waals surface area contributed by atoms with Gasteiger partial charge >= 0.3 is 11.9 Å². The summed E-state index contributed by atoms with van der Waals surface area (Å²) in [7, 11) is 0. The molecule has 1 aliphatic rings. The van der Waals surface area contributed by atoms with Crippen molar-refractivity contribution in [2.75, 3.05) is 0 Å². The lowest BCUT2D eigenvalue weighted by Crippen LogP contribution is -2.50. The Morgan fingerprint density at radius 1 is 1.24 bits per heavy atom. The van der Waals surface area contributed by atoms with E-state index in [9.17, 15) is 9.59 Å². The Labute approximate surface area is 100 Å². The van der Waals surface area contributed by atoms with Crippen LogP contribution in [0.4, 0.5) is 0 Å². The molecule has 90 valence electrons. The van der Waals surface area contributed by atoms with E-state index in [0.717, 1.165) is 5.56 Å². The van der Waals surface area contributed by atoms with Gasteiger partial charge in [-0.25, -0.2) is 0 Å². The molecule has 0 aromatic carbocycles. The standard InChI is InChI=1S/C13H15NO3/c1-8-11(15)17-12(16)9(2)13(8,3)10-5-4-6-14-7-10/h4-9H,1-3H3. The lowest BCUT2D eigenvalue weighted by molar-refractivity contribution is -0.176. The van der Waals surface area contributed by atoms with E-state index in [-0.39, 0.29) is 11.8 Å². The number of pyridine rings is 1. The van der Waals surface area contributed by atoms with Gasteiger partial charge in [-0.05, 0) is 11.6 Å². The van der Waals surface area contributed by atoms with Crippen molar-refractivity contribution in [1.29, 1.82) is 0 Å². The lowest BCUT2D eigenvalue weighted by Gasteiger charge is -2.41. The molecule has 0 amide bonds. The van der Waals surface area contributed by atoms with Crippen LogP contribution >= 0.6 is 0 Å². The normalized spacial score (nSPS) is 33.4. The summed E-state index contributed by atoms with van der Waals surface area (Å²) in [6.07, 6.45) is 3.38. The highest BCUT2D eigenvalue weighted by molar-refractivity contribution is 5.93. The number of rotatable bonds is 1. The van der Waals surface area contributed by atoms with Crippen LogP contribution in [-0.4, -0.2) is 16.9 Å². The van der Waals surface area contributed by atoms with Crippen molar-refractivity contribution in [3.8, 4) is 0 Å². The Kier molecular flexibility index (Phi) is 2.73. The molecule has 0 N–H and O–H groups in total. The molecular formula is C13H15NO3. The van der Waals surface area contributed by atoms with Crippen LogP contribution in [0.5, 0.6) is 0 Å². The van der Waals surface area contributed by atoms with Gasteiger partial charge in [0, 0.05) is 17.8 Å². The molecule has 2 unspecified atom stereocenters. The maximum Gasteiger partial charge on any atom is 0.317 e. The second-order valence-corrected chi connectivity index (χ2v) is 4.71. The third-order valence-electron chi connectivity index (χ3n) is 3.99. The van der Waals surface area contributed by atoms with Gasteiger partial charge in [-0.2, -0.15) is 0 Å². The number of carbonyl (C=O) groups is 2.